The average molecular weight is 229 g/mol. The van der Waals surface area contributed by atoms with E-state index < -0.39 is 0 Å². The largest absolute Gasteiger partial charge is 1.00 e. The maximum atomic E-state index is 8.00. The minimum atomic E-state index is 0. The van der Waals surface area contributed by atoms with Crippen molar-refractivity contribution >= 4 is 16.6 Å². The Morgan fingerprint density at radius 2 is 2.00 bits per heavy atom. The van der Waals surface area contributed by atoms with Crippen LogP contribution in [0.3, 0.4) is 0 Å². The Bertz CT molecular complexity index is 448. The normalized spacial score (nSPS) is 8.31. The molecule has 2 aromatic rings. The Kier molecular flexibility index (Phi) is 7.31. The molecule has 0 spiro atoms. The van der Waals surface area contributed by atoms with Crippen molar-refractivity contribution in [1.29, 1.82) is 0 Å². The molecule has 0 atom stereocenters. The second-order valence-electron chi connectivity index (χ2n) is 2.50. The van der Waals surface area contributed by atoms with E-state index in [2.05, 4.69) is 15.6 Å². The molecule has 0 saturated carbocycles. The van der Waals surface area contributed by atoms with E-state index >= 15 is 0 Å². The number of hydrogen-bond acceptors (Lipinski definition) is 7. The van der Waals surface area contributed by atoms with Crippen LogP contribution in [0.25, 0.3) is 10.8 Å². The van der Waals surface area contributed by atoms with Crippen molar-refractivity contribution in [3.8, 4) is 0 Å². The van der Waals surface area contributed by atoms with Crippen LogP contribution in [-0.2, 0) is 0 Å². The van der Waals surface area contributed by atoms with Crippen molar-refractivity contribution in [2.45, 2.75) is 0 Å². The van der Waals surface area contributed by atoms with Gasteiger partial charge in [0.15, 0.2) is 5.82 Å². The van der Waals surface area contributed by atoms with Crippen LogP contribution in [0, 0.1) is 10.1 Å². The third-order valence-electron chi connectivity index (χ3n) is 1.71. The molecule has 1 heterocycles. The summed E-state index contributed by atoms with van der Waals surface area (Å²) in [4.78, 5) is 8.00. The molecule has 0 unspecified atom stereocenters. The molecule has 8 heteroatoms. The molecule has 0 radical (unpaired) electrons. The molecule has 0 bridgehead atoms. The number of anilines is 1. The van der Waals surface area contributed by atoms with Crippen LogP contribution in [0.1, 0.15) is 0 Å². The first-order valence-electron chi connectivity index (χ1n) is 3.95. The number of nitrogen functional groups attached to an aromatic ring is 1. The summed E-state index contributed by atoms with van der Waals surface area (Å²) < 4.78 is 0. The second kappa shape index (κ2) is 7.94. The fourth-order valence-electron chi connectivity index (χ4n) is 1.13. The fourth-order valence-corrected chi connectivity index (χ4v) is 1.13. The summed E-state index contributed by atoms with van der Waals surface area (Å²) in [5.41, 5.74) is 2.50. The molecule has 0 aliphatic rings. The standard InChI is InChI=1S/C8H8N4.HNO2.Na/c9-11-8-7-4-2-1-3-6(7)5-10-12-8;2-1-3;/h1-5H,9H2,(H,11,12);(H,2,3);/q;;+1/p-1. The topological polar surface area (TPSA) is 116 Å². The van der Waals surface area contributed by atoms with Gasteiger partial charge >= 0.3 is 29.6 Å². The van der Waals surface area contributed by atoms with Gasteiger partial charge in [-0.25, -0.2) is 5.84 Å². The van der Waals surface area contributed by atoms with Crippen molar-refractivity contribution < 1.29 is 29.6 Å². The maximum Gasteiger partial charge on any atom is 1.00 e. The molecule has 0 amide bonds. The SMILES string of the molecule is NNc1nncc2ccccc12.O=N[O-].[Na+]. The van der Waals surface area contributed by atoms with Gasteiger partial charge < -0.3 is 15.5 Å². The Morgan fingerprint density at radius 3 is 2.62 bits per heavy atom. The van der Waals surface area contributed by atoms with Gasteiger partial charge in [-0.2, -0.15) is 5.10 Å². The van der Waals surface area contributed by atoms with Gasteiger partial charge in [-0.15, -0.1) is 10.4 Å². The summed E-state index contributed by atoms with van der Waals surface area (Å²) in [7, 11) is 0. The number of hydrazine groups is 1. The Hall–Kier alpha value is -1.28. The third kappa shape index (κ3) is 3.70. The molecule has 1 aromatic heterocycles. The first-order valence-corrected chi connectivity index (χ1v) is 3.95. The number of rotatable bonds is 1. The van der Waals surface area contributed by atoms with Crippen LogP contribution in [-0.4, -0.2) is 10.2 Å². The molecular formula is C8H8N5NaO2. The summed E-state index contributed by atoms with van der Waals surface area (Å²) in [6.07, 6.45) is 1.70. The molecule has 0 fully saturated rings. The Labute approximate surface area is 113 Å². The van der Waals surface area contributed by atoms with Gasteiger partial charge in [0.25, 0.3) is 0 Å². The van der Waals surface area contributed by atoms with Crippen LogP contribution < -0.4 is 40.8 Å². The smallest absolute Gasteiger partial charge is 0.444 e. The van der Waals surface area contributed by atoms with Gasteiger partial charge in [0.2, 0.25) is 0 Å². The van der Waals surface area contributed by atoms with E-state index in [9.17, 15) is 0 Å². The summed E-state index contributed by atoms with van der Waals surface area (Å²) in [6.45, 7) is 0. The Morgan fingerprint density at radius 1 is 1.38 bits per heavy atom. The van der Waals surface area contributed by atoms with Crippen LogP contribution in [0.5, 0.6) is 0 Å². The number of nitrogens with zero attached hydrogens (tertiary/aromatic N) is 3. The number of fused-ring (bicyclic) bond motifs is 1. The molecule has 0 saturated heterocycles. The number of benzene rings is 1. The Balaban J connectivity index is 0.000000511. The van der Waals surface area contributed by atoms with E-state index in [1.165, 1.54) is 0 Å². The molecule has 78 valence electrons. The van der Waals surface area contributed by atoms with E-state index in [0.717, 1.165) is 16.1 Å². The van der Waals surface area contributed by atoms with Crippen molar-refractivity contribution in [3.05, 3.63) is 40.6 Å². The zero-order chi connectivity index (χ0) is 11.1. The van der Waals surface area contributed by atoms with Crippen LogP contribution in [0.15, 0.2) is 35.8 Å². The van der Waals surface area contributed by atoms with Crippen LogP contribution >= 0.6 is 0 Å². The molecule has 3 N–H and O–H groups in total. The second-order valence-corrected chi connectivity index (χ2v) is 2.50. The molecule has 7 nitrogen and oxygen atoms in total. The molecule has 16 heavy (non-hydrogen) atoms. The van der Waals surface area contributed by atoms with Crippen LogP contribution in [0.2, 0.25) is 0 Å². The third-order valence-corrected chi connectivity index (χ3v) is 1.71. The minimum absolute atomic E-state index is 0. The van der Waals surface area contributed by atoms with Gasteiger partial charge in [-0.1, -0.05) is 24.3 Å². The minimum Gasteiger partial charge on any atom is -0.444 e. The molecule has 0 aliphatic heterocycles. The summed E-state index contributed by atoms with van der Waals surface area (Å²) in [5, 5.41) is 18.6. The van der Waals surface area contributed by atoms with Gasteiger partial charge in [0.05, 0.1) is 6.20 Å². The average Bonchev–Trinajstić information content (AvgIpc) is 2.29. The summed E-state index contributed by atoms with van der Waals surface area (Å²) in [5.74, 6) is 5.87. The first-order chi connectivity index (χ1) is 7.33. The monoisotopic (exact) mass is 229 g/mol. The van der Waals surface area contributed by atoms with E-state index in [0.29, 0.717) is 5.82 Å². The van der Waals surface area contributed by atoms with Gasteiger partial charge in [0.1, 0.15) is 0 Å². The van der Waals surface area contributed by atoms with Gasteiger partial charge in [0, 0.05) is 10.8 Å². The number of nitrogens with one attached hydrogen (secondary N) is 1. The molecule has 1 aromatic carbocycles. The van der Waals surface area contributed by atoms with Gasteiger partial charge in [-0.05, 0) is 0 Å². The zero-order valence-corrected chi connectivity index (χ0v) is 10.6. The number of nitrogens with two attached hydrogens (primary N) is 1. The number of aromatic nitrogens is 2. The van der Waals surface area contributed by atoms with Crippen LogP contribution in [0.4, 0.5) is 5.82 Å². The molecular weight excluding hydrogens is 221 g/mol. The predicted octanol–water partition coefficient (Wildman–Crippen LogP) is -1.83. The summed E-state index contributed by atoms with van der Waals surface area (Å²) in [6, 6.07) is 7.79. The van der Waals surface area contributed by atoms with E-state index in [4.69, 9.17) is 16.0 Å². The van der Waals surface area contributed by atoms with Crippen molar-refractivity contribution in [1.82, 2.24) is 10.2 Å². The molecule has 0 aliphatic carbocycles. The van der Waals surface area contributed by atoms with E-state index in [1.54, 1.807) is 6.20 Å². The molecule has 2 rings (SSSR count). The van der Waals surface area contributed by atoms with E-state index in [-0.39, 0.29) is 29.6 Å². The predicted molar refractivity (Wildman–Crippen MR) is 56.5 cm³/mol. The quantitative estimate of drug-likeness (QED) is 0.257. The van der Waals surface area contributed by atoms with Crippen molar-refractivity contribution in [2.75, 3.05) is 5.43 Å². The first kappa shape index (κ1) is 14.7. The van der Waals surface area contributed by atoms with Crippen molar-refractivity contribution in [2.24, 2.45) is 11.2 Å². The maximum absolute atomic E-state index is 8.00. The number of hydrogen-bond donors (Lipinski definition) is 2. The summed E-state index contributed by atoms with van der Waals surface area (Å²) >= 11 is 0. The van der Waals surface area contributed by atoms with Crippen molar-refractivity contribution in [3.63, 3.8) is 0 Å². The van der Waals surface area contributed by atoms with Gasteiger partial charge in [-0.3, -0.25) is 0 Å². The van der Waals surface area contributed by atoms with E-state index in [1.807, 2.05) is 24.3 Å². The fraction of sp³-hybridized carbons (Fsp3) is 0. The zero-order valence-electron chi connectivity index (χ0n) is 8.62.